The number of likely N-dealkylation sites (tertiary alicyclic amines) is 1. The number of hydrogen-bond donors (Lipinski definition) is 2. The zero-order valence-corrected chi connectivity index (χ0v) is 23.3. The Hall–Kier alpha value is -4.22. The van der Waals surface area contributed by atoms with Gasteiger partial charge < -0.3 is 24.7 Å². The summed E-state index contributed by atoms with van der Waals surface area (Å²) in [6, 6.07) is 10.9. The Morgan fingerprint density at radius 2 is 1.88 bits per heavy atom. The summed E-state index contributed by atoms with van der Waals surface area (Å²) in [6.07, 6.45) is 5.68. The van der Waals surface area contributed by atoms with Crippen LogP contribution >= 0.6 is 23.2 Å². The summed E-state index contributed by atoms with van der Waals surface area (Å²) in [4.78, 5) is 53.0. The van der Waals surface area contributed by atoms with Gasteiger partial charge in [-0.25, -0.2) is 9.97 Å². The number of furan rings is 1. The van der Waals surface area contributed by atoms with Crippen molar-refractivity contribution in [2.45, 2.75) is 31.4 Å². The van der Waals surface area contributed by atoms with Crippen molar-refractivity contribution in [1.82, 2.24) is 30.5 Å². The number of amides is 3. The molecule has 0 spiro atoms. The predicted molar refractivity (Wildman–Crippen MR) is 151 cm³/mol. The number of nitrogens with one attached hydrogen (secondary N) is 2. The van der Waals surface area contributed by atoms with Crippen LogP contribution in [0.15, 0.2) is 65.5 Å². The molecule has 11 nitrogen and oxygen atoms in total. The Labute approximate surface area is 245 Å². The molecule has 1 aliphatic rings. The molecular formula is C28H26Cl2N6O5. The molecule has 41 heavy (non-hydrogen) atoms. The van der Waals surface area contributed by atoms with E-state index in [0.29, 0.717) is 53.5 Å². The Morgan fingerprint density at radius 1 is 1.05 bits per heavy atom. The van der Waals surface area contributed by atoms with Gasteiger partial charge in [-0.1, -0.05) is 29.3 Å². The van der Waals surface area contributed by atoms with Crippen molar-refractivity contribution in [3.8, 4) is 5.88 Å². The van der Waals surface area contributed by atoms with Gasteiger partial charge in [0.25, 0.3) is 5.91 Å². The summed E-state index contributed by atoms with van der Waals surface area (Å²) < 4.78 is 11.5. The van der Waals surface area contributed by atoms with Crippen molar-refractivity contribution < 1.29 is 23.5 Å². The third-order valence-corrected chi connectivity index (χ3v) is 6.99. The normalized spacial score (nSPS) is 14.4. The summed E-state index contributed by atoms with van der Waals surface area (Å²) in [7, 11) is 0. The highest BCUT2D eigenvalue weighted by atomic mass is 35.5. The molecule has 1 fully saturated rings. The average Bonchev–Trinajstić information content (AvgIpc) is 3.41. The van der Waals surface area contributed by atoms with Crippen molar-refractivity contribution in [3.05, 3.63) is 82.7 Å². The molecule has 13 heteroatoms. The molecule has 3 amide bonds. The summed E-state index contributed by atoms with van der Waals surface area (Å²) in [5.41, 5.74) is 1.09. The Kier molecular flexibility index (Phi) is 8.95. The van der Waals surface area contributed by atoms with E-state index in [-0.39, 0.29) is 35.9 Å². The minimum atomic E-state index is -0.998. The fourth-order valence-corrected chi connectivity index (χ4v) is 4.72. The first-order chi connectivity index (χ1) is 19.8. The van der Waals surface area contributed by atoms with E-state index in [0.717, 1.165) is 0 Å². The van der Waals surface area contributed by atoms with Crippen molar-refractivity contribution >= 4 is 51.9 Å². The molecule has 1 aromatic carbocycles. The number of carbonyl (C=O) groups excluding carboxylic acids is 3. The minimum absolute atomic E-state index is 0.0341. The summed E-state index contributed by atoms with van der Waals surface area (Å²) in [5.74, 6) is -0.922. The molecule has 0 radical (unpaired) electrons. The molecule has 212 valence electrons. The van der Waals surface area contributed by atoms with E-state index in [4.69, 9.17) is 32.4 Å². The van der Waals surface area contributed by atoms with Gasteiger partial charge in [-0.15, -0.1) is 0 Å². The van der Waals surface area contributed by atoms with Gasteiger partial charge >= 0.3 is 0 Å². The van der Waals surface area contributed by atoms with E-state index < -0.39 is 17.9 Å². The lowest BCUT2D eigenvalue weighted by atomic mass is 10.1. The molecule has 4 aromatic rings. The molecular weight excluding hydrogens is 571 g/mol. The van der Waals surface area contributed by atoms with Crippen LogP contribution in [0.1, 0.15) is 29.1 Å². The van der Waals surface area contributed by atoms with E-state index in [1.807, 2.05) is 0 Å². The largest absolute Gasteiger partial charge is 0.473 e. The first-order valence-corrected chi connectivity index (χ1v) is 13.7. The Bertz CT molecular complexity index is 1520. The molecule has 1 aliphatic heterocycles. The lowest BCUT2D eigenvalue weighted by Gasteiger charge is -2.32. The number of pyridine rings is 1. The number of rotatable bonds is 9. The van der Waals surface area contributed by atoms with E-state index in [2.05, 4.69) is 25.6 Å². The van der Waals surface area contributed by atoms with Gasteiger partial charge in [-0.05, 0) is 36.4 Å². The van der Waals surface area contributed by atoms with Gasteiger partial charge in [0.2, 0.25) is 17.7 Å². The molecule has 2 N–H and O–H groups in total. The van der Waals surface area contributed by atoms with Crippen LogP contribution < -0.4 is 15.4 Å². The van der Waals surface area contributed by atoms with Crippen molar-refractivity contribution in [3.63, 3.8) is 0 Å². The van der Waals surface area contributed by atoms with E-state index in [1.165, 1.54) is 12.4 Å². The average molecular weight is 597 g/mol. The summed E-state index contributed by atoms with van der Waals surface area (Å²) in [6.45, 7) is 0.708. The van der Waals surface area contributed by atoms with Crippen LogP contribution in [-0.2, 0) is 16.0 Å². The maximum absolute atomic E-state index is 13.2. The Balaban J connectivity index is 1.17. The molecule has 3 aromatic heterocycles. The number of halogens is 2. The fourth-order valence-electron chi connectivity index (χ4n) is 4.45. The second-order valence-electron chi connectivity index (χ2n) is 9.44. The van der Waals surface area contributed by atoms with Gasteiger partial charge in [0.05, 0.1) is 18.9 Å². The number of piperidine rings is 1. The number of aromatic nitrogens is 3. The lowest BCUT2D eigenvalue weighted by Crippen LogP contribution is -2.51. The third kappa shape index (κ3) is 7.50. The molecule has 0 unspecified atom stereocenters. The molecule has 0 aliphatic carbocycles. The lowest BCUT2D eigenvalue weighted by molar-refractivity contribution is -0.134. The summed E-state index contributed by atoms with van der Waals surface area (Å²) >= 11 is 11.8. The van der Waals surface area contributed by atoms with E-state index in [1.54, 1.807) is 53.6 Å². The van der Waals surface area contributed by atoms with Crippen molar-refractivity contribution in [2.24, 2.45) is 0 Å². The van der Waals surface area contributed by atoms with Gasteiger partial charge in [0, 0.05) is 54.7 Å². The quantitative estimate of drug-likeness (QED) is 0.299. The second-order valence-corrected chi connectivity index (χ2v) is 10.3. The van der Waals surface area contributed by atoms with Crippen LogP contribution in [0.5, 0.6) is 5.88 Å². The number of carbonyl (C=O) groups is 3. The topological polar surface area (TPSA) is 140 Å². The second kappa shape index (κ2) is 13.0. The third-order valence-electron chi connectivity index (χ3n) is 6.56. The standard InChI is InChI=1S/C28H26Cl2N6O5/c29-18-4-5-22-17(11-18)12-23(41-22)28(39)35-21(13-19-3-1-2-8-31-19)27(38)34-16-26(37)36-9-6-20(7-10-36)40-25-15-32-24(30)14-33-25/h1-5,8,11-12,14-15,20-21H,6-7,9-10,13,16H2,(H,34,38)(H,35,39)/t21-/m0/s1. The maximum Gasteiger partial charge on any atom is 0.287 e. The van der Waals surface area contributed by atoms with Gasteiger partial charge in [-0.3, -0.25) is 19.4 Å². The molecule has 5 rings (SSSR count). The molecule has 1 saturated heterocycles. The van der Waals surface area contributed by atoms with Crippen LogP contribution in [0.4, 0.5) is 0 Å². The van der Waals surface area contributed by atoms with Crippen LogP contribution in [0.25, 0.3) is 11.0 Å². The van der Waals surface area contributed by atoms with Crippen LogP contribution in [0, 0.1) is 0 Å². The molecule has 1 atom stereocenters. The van der Waals surface area contributed by atoms with Crippen LogP contribution in [0.2, 0.25) is 10.2 Å². The number of fused-ring (bicyclic) bond motifs is 1. The minimum Gasteiger partial charge on any atom is -0.473 e. The maximum atomic E-state index is 13.2. The van der Waals surface area contributed by atoms with Crippen LogP contribution in [-0.4, -0.2) is 69.4 Å². The zero-order valence-electron chi connectivity index (χ0n) is 21.8. The van der Waals surface area contributed by atoms with Gasteiger partial charge in [0.15, 0.2) is 5.76 Å². The van der Waals surface area contributed by atoms with E-state index in [9.17, 15) is 14.4 Å². The van der Waals surface area contributed by atoms with Crippen molar-refractivity contribution in [1.29, 1.82) is 0 Å². The van der Waals surface area contributed by atoms with Gasteiger partial charge in [0.1, 0.15) is 22.9 Å². The smallest absolute Gasteiger partial charge is 0.287 e. The van der Waals surface area contributed by atoms with Gasteiger partial charge in [-0.2, -0.15) is 0 Å². The first-order valence-electron chi connectivity index (χ1n) is 12.9. The number of hydrogen-bond acceptors (Lipinski definition) is 8. The molecule has 4 heterocycles. The SMILES string of the molecule is O=C(N[C@@H](Cc1ccccn1)C(=O)NCC(=O)N1CCC(Oc2cnc(Cl)cn2)CC1)c1cc2cc(Cl)ccc2o1. The van der Waals surface area contributed by atoms with E-state index >= 15 is 0 Å². The van der Waals surface area contributed by atoms with Crippen molar-refractivity contribution in [2.75, 3.05) is 19.6 Å². The monoisotopic (exact) mass is 596 g/mol. The van der Waals surface area contributed by atoms with Crippen LogP contribution in [0.3, 0.4) is 0 Å². The number of ether oxygens (including phenoxy) is 1. The Morgan fingerprint density at radius 3 is 2.61 bits per heavy atom. The highest BCUT2D eigenvalue weighted by Crippen LogP contribution is 2.23. The molecule has 0 bridgehead atoms. The fraction of sp³-hybridized carbons (Fsp3) is 0.286. The molecule has 0 saturated carbocycles. The highest BCUT2D eigenvalue weighted by Gasteiger charge is 2.27. The predicted octanol–water partition coefficient (Wildman–Crippen LogP) is 3.45. The number of benzene rings is 1. The zero-order chi connectivity index (χ0) is 28.8. The first kappa shape index (κ1) is 28.3. The summed E-state index contributed by atoms with van der Waals surface area (Å²) in [5, 5.41) is 6.83. The number of nitrogens with zero attached hydrogens (tertiary/aromatic N) is 4. The highest BCUT2D eigenvalue weighted by molar-refractivity contribution is 6.31.